The SMILES string of the molecule is CNC(=O)[C@H](Cc1ccc(C(=N)OC)cc1)NC(O)c1ccc(OC(C)C)c(Cl)c1. The van der Waals surface area contributed by atoms with E-state index in [9.17, 15) is 9.90 Å². The Morgan fingerprint density at radius 3 is 2.40 bits per heavy atom. The van der Waals surface area contributed by atoms with Crippen LogP contribution in [0.4, 0.5) is 0 Å². The number of nitrogens with one attached hydrogen (secondary N) is 3. The van der Waals surface area contributed by atoms with Gasteiger partial charge in [0.25, 0.3) is 0 Å². The molecule has 1 unspecified atom stereocenters. The van der Waals surface area contributed by atoms with E-state index in [-0.39, 0.29) is 17.9 Å². The molecule has 0 spiro atoms. The predicted molar refractivity (Wildman–Crippen MR) is 117 cm³/mol. The van der Waals surface area contributed by atoms with E-state index in [0.29, 0.717) is 28.3 Å². The topological polar surface area (TPSA) is 104 Å². The maximum absolute atomic E-state index is 12.4. The summed E-state index contributed by atoms with van der Waals surface area (Å²) in [7, 11) is 2.98. The number of halogens is 1. The summed E-state index contributed by atoms with van der Waals surface area (Å²) in [5.41, 5.74) is 2.03. The number of benzene rings is 2. The third-order valence-corrected chi connectivity index (χ3v) is 4.71. The Labute approximate surface area is 181 Å². The number of hydrogen-bond acceptors (Lipinski definition) is 6. The largest absolute Gasteiger partial charge is 0.489 e. The normalized spacial score (nSPS) is 12.9. The van der Waals surface area contributed by atoms with Gasteiger partial charge in [-0.3, -0.25) is 15.5 Å². The van der Waals surface area contributed by atoms with Gasteiger partial charge in [0.1, 0.15) is 12.0 Å². The zero-order valence-electron chi connectivity index (χ0n) is 17.5. The van der Waals surface area contributed by atoms with Crippen molar-refractivity contribution in [2.75, 3.05) is 14.2 Å². The first-order valence-electron chi connectivity index (χ1n) is 9.58. The smallest absolute Gasteiger partial charge is 0.237 e. The number of methoxy groups -OCH3 is 1. The van der Waals surface area contributed by atoms with Crippen molar-refractivity contribution in [1.29, 1.82) is 5.41 Å². The number of likely N-dealkylation sites (N-methyl/N-ethyl adjacent to an activating group) is 1. The summed E-state index contributed by atoms with van der Waals surface area (Å²) in [6.45, 7) is 3.80. The van der Waals surface area contributed by atoms with Crippen LogP contribution in [0.15, 0.2) is 42.5 Å². The molecular weight excluding hydrogens is 406 g/mol. The number of hydrogen-bond donors (Lipinski definition) is 4. The van der Waals surface area contributed by atoms with Gasteiger partial charge in [-0.2, -0.15) is 0 Å². The summed E-state index contributed by atoms with van der Waals surface area (Å²) in [5.74, 6) is 0.348. The van der Waals surface area contributed by atoms with Gasteiger partial charge in [-0.15, -0.1) is 0 Å². The standard InChI is InChI=1S/C22H28ClN3O4/c1-13(2)30-19-10-9-16(12-17(19)23)21(27)26-18(22(28)25-3)11-14-5-7-15(8-6-14)20(24)29-4/h5-10,12-13,18,21,24,26-27H,11H2,1-4H3,(H,25,28)/t18-,21?/m0/s1. The van der Waals surface area contributed by atoms with E-state index < -0.39 is 12.3 Å². The van der Waals surface area contributed by atoms with Crippen molar-refractivity contribution in [3.05, 3.63) is 64.2 Å². The van der Waals surface area contributed by atoms with Crippen LogP contribution in [0.5, 0.6) is 5.75 Å². The first-order chi connectivity index (χ1) is 14.2. The van der Waals surface area contributed by atoms with E-state index in [1.165, 1.54) is 7.11 Å². The molecule has 0 bridgehead atoms. The highest BCUT2D eigenvalue weighted by molar-refractivity contribution is 6.32. The van der Waals surface area contributed by atoms with Crippen LogP contribution in [0.1, 0.15) is 36.8 Å². The average molecular weight is 434 g/mol. The molecule has 0 aliphatic carbocycles. The number of rotatable bonds is 9. The van der Waals surface area contributed by atoms with Gasteiger partial charge in [0, 0.05) is 12.6 Å². The average Bonchev–Trinajstić information content (AvgIpc) is 2.73. The van der Waals surface area contributed by atoms with Crippen molar-refractivity contribution >= 4 is 23.4 Å². The molecule has 30 heavy (non-hydrogen) atoms. The number of carbonyl (C=O) groups is 1. The van der Waals surface area contributed by atoms with Gasteiger partial charge in [-0.05, 0) is 55.7 Å². The van der Waals surface area contributed by atoms with Crippen molar-refractivity contribution in [3.63, 3.8) is 0 Å². The van der Waals surface area contributed by atoms with Crippen LogP contribution in [0, 0.1) is 5.41 Å². The highest BCUT2D eigenvalue weighted by Crippen LogP contribution is 2.28. The van der Waals surface area contributed by atoms with Gasteiger partial charge < -0.3 is 19.9 Å². The van der Waals surface area contributed by atoms with E-state index >= 15 is 0 Å². The second kappa shape index (κ2) is 11.0. The minimum absolute atomic E-state index is 0.0203. The molecule has 0 fully saturated rings. The molecule has 0 aliphatic rings. The van der Waals surface area contributed by atoms with E-state index in [1.807, 2.05) is 26.0 Å². The lowest BCUT2D eigenvalue weighted by molar-refractivity contribution is -0.123. The van der Waals surface area contributed by atoms with Gasteiger partial charge in [0.2, 0.25) is 11.8 Å². The quantitative estimate of drug-likeness (QED) is 0.276. The maximum Gasteiger partial charge on any atom is 0.237 e. The highest BCUT2D eigenvalue weighted by atomic mass is 35.5. The molecule has 2 aromatic carbocycles. The lowest BCUT2D eigenvalue weighted by Crippen LogP contribution is -2.45. The predicted octanol–water partition coefficient (Wildman–Crippen LogP) is 3.04. The minimum atomic E-state index is -1.10. The van der Waals surface area contributed by atoms with Crippen molar-refractivity contribution in [2.24, 2.45) is 0 Å². The summed E-state index contributed by atoms with van der Waals surface area (Å²) in [5, 5.41) is 24.3. The summed E-state index contributed by atoms with van der Waals surface area (Å²) in [6.07, 6.45) is -0.772. The van der Waals surface area contributed by atoms with Crippen LogP contribution in [0.25, 0.3) is 0 Å². The number of amides is 1. The molecule has 8 heteroatoms. The van der Waals surface area contributed by atoms with Crippen molar-refractivity contribution in [3.8, 4) is 5.75 Å². The molecule has 0 radical (unpaired) electrons. The molecule has 7 nitrogen and oxygen atoms in total. The van der Waals surface area contributed by atoms with Gasteiger partial charge in [0.15, 0.2) is 0 Å². The molecular formula is C22H28ClN3O4. The van der Waals surface area contributed by atoms with Crippen molar-refractivity contribution in [1.82, 2.24) is 10.6 Å². The molecule has 0 aliphatic heterocycles. The lowest BCUT2D eigenvalue weighted by atomic mass is 10.0. The van der Waals surface area contributed by atoms with Crippen LogP contribution in [0.3, 0.4) is 0 Å². The molecule has 0 aromatic heterocycles. The molecule has 0 saturated heterocycles. The van der Waals surface area contributed by atoms with Gasteiger partial charge >= 0.3 is 0 Å². The second-order valence-electron chi connectivity index (χ2n) is 7.03. The molecule has 162 valence electrons. The van der Waals surface area contributed by atoms with Crippen LogP contribution < -0.4 is 15.4 Å². The minimum Gasteiger partial charge on any atom is -0.489 e. The fourth-order valence-electron chi connectivity index (χ4n) is 2.87. The monoisotopic (exact) mass is 433 g/mol. The van der Waals surface area contributed by atoms with Crippen molar-refractivity contribution < 1.29 is 19.4 Å². The number of aliphatic hydroxyl groups is 1. The Morgan fingerprint density at radius 2 is 1.87 bits per heavy atom. The fourth-order valence-corrected chi connectivity index (χ4v) is 3.10. The summed E-state index contributed by atoms with van der Waals surface area (Å²) >= 11 is 6.26. The first kappa shape index (κ1) is 23.7. The maximum atomic E-state index is 12.4. The van der Waals surface area contributed by atoms with Crippen LogP contribution in [0.2, 0.25) is 5.02 Å². The third kappa shape index (κ3) is 6.45. The summed E-state index contributed by atoms with van der Waals surface area (Å²) in [6, 6.07) is 11.5. The number of ether oxygens (including phenoxy) is 2. The Hall–Kier alpha value is -2.61. The molecule has 2 rings (SSSR count). The van der Waals surface area contributed by atoms with Gasteiger partial charge in [-0.1, -0.05) is 29.8 Å². The molecule has 0 heterocycles. The molecule has 0 saturated carbocycles. The van der Waals surface area contributed by atoms with E-state index in [2.05, 4.69) is 10.6 Å². The zero-order chi connectivity index (χ0) is 22.3. The van der Waals surface area contributed by atoms with Crippen LogP contribution >= 0.6 is 11.6 Å². The molecule has 2 atom stereocenters. The Kier molecular flexibility index (Phi) is 8.65. The Morgan fingerprint density at radius 1 is 1.20 bits per heavy atom. The molecule has 4 N–H and O–H groups in total. The van der Waals surface area contributed by atoms with E-state index in [4.69, 9.17) is 26.5 Å². The third-order valence-electron chi connectivity index (χ3n) is 4.42. The molecule has 2 aromatic rings. The number of aliphatic hydroxyl groups excluding tert-OH is 1. The van der Waals surface area contributed by atoms with Gasteiger partial charge in [0.05, 0.1) is 24.3 Å². The summed E-state index contributed by atoms with van der Waals surface area (Å²) < 4.78 is 10.5. The second-order valence-corrected chi connectivity index (χ2v) is 7.43. The van der Waals surface area contributed by atoms with Crippen molar-refractivity contribution in [2.45, 2.75) is 38.6 Å². The Bertz CT molecular complexity index is 871. The van der Waals surface area contributed by atoms with Crippen LogP contribution in [-0.4, -0.2) is 43.2 Å². The van der Waals surface area contributed by atoms with E-state index in [0.717, 1.165) is 5.56 Å². The number of carbonyl (C=O) groups excluding carboxylic acids is 1. The zero-order valence-corrected chi connectivity index (χ0v) is 18.3. The lowest BCUT2D eigenvalue weighted by Gasteiger charge is -2.22. The Balaban J connectivity index is 2.13. The van der Waals surface area contributed by atoms with Crippen LogP contribution in [-0.2, 0) is 16.0 Å². The first-order valence-corrected chi connectivity index (χ1v) is 9.96. The fraction of sp³-hybridized carbons (Fsp3) is 0.364. The molecule has 1 amide bonds. The van der Waals surface area contributed by atoms with Gasteiger partial charge in [-0.25, -0.2) is 0 Å². The highest BCUT2D eigenvalue weighted by Gasteiger charge is 2.22. The van der Waals surface area contributed by atoms with E-state index in [1.54, 1.807) is 37.4 Å². The summed E-state index contributed by atoms with van der Waals surface area (Å²) in [4.78, 5) is 12.4.